The minimum absolute atomic E-state index is 0.443. The fourth-order valence-electron chi connectivity index (χ4n) is 2.86. The quantitative estimate of drug-likeness (QED) is 0.659. The molecule has 4 unspecified atom stereocenters. The van der Waals surface area contributed by atoms with Gasteiger partial charge in [0.15, 0.2) is 0 Å². The SMILES string of the molecule is C=C(C)CC1SCCC1OC1CCSC1CC(=C)C. The molecule has 0 aromatic rings. The largest absolute Gasteiger partial charge is 0.373 e. The summed E-state index contributed by atoms with van der Waals surface area (Å²) >= 11 is 4.13. The van der Waals surface area contributed by atoms with Crippen molar-refractivity contribution in [3.05, 3.63) is 24.3 Å². The standard InChI is InChI=1S/C16H26OS2/c1-11(2)9-15-13(5-7-18-15)17-14-6-8-19-16(14)10-12(3)4/h13-16H,1,3,5-10H2,2,4H3. The van der Waals surface area contributed by atoms with E-state index in [4.69, 9.17) is 4.74 Å². The van der Waals surface area contributed by atoms with E-state index < -0.39 is 0 Å². The van der Waals surface area contributed by atoms with Crippen molar-refractivity contribution in [2.45, 2.75) is 62.2 Å². The second-order valence-corrected chi connectivity index (χ2v) is 8.63. The number of hydrogen-bond acceptors (Lipinski definition) is 3. The first-order valence-corrected chi connectivity index (χ1v) is 9.33. The van der Waals surface area contributed by atoms with Crippen molar-refractivity contribution in [3.8, 4) is 0 Å². The Morgan fingerprint density at radius 3 is 1.74 bits per heavy atom. The Kier molecular flexibility index (Phi) is 5.91. The average molecular weight is 299 g/mol. The van der Waals surface area contributed by atoms with Crippen LogP contribution in [0.4, 0.5) is 0 Å². The van der Waals surface area contributed by atoms with Gasteiger partial charge in [0.05, 0.1) is 12.2 Å². The summed E-state index contributed by atoms with van der Waals surface area (Å²) in [6, 6.07) is 0. The predicted octanol–water partition coefficient (Wildman–Crippen LogP) is 4.68. The Bertz CT molecular complexity index is 308. The minimum atomic E-state index is 0.443. The lowest BCUT2D eigenvalue weighted by Gasteiger charge is -2.27. The third-order valence-corrected chi connectivity index (χ3v) is 6.49. The van der Waals surface area contributed by atoms with E-state index in [1.165, 1.54) is 35.5 Å². The van der Waals surface area contributed by atoms with Crippen LogP contribution in [-0.4, -0.2) is 34.2 Å². The molecule has 0 aliphatic carbocycles. The van der Waals surface area contributed by atoms with E-state index in [9.17, 15) is 0 Å². The third kappa shape index (κ3) is 4.57. The molecule has 0 spiro atoms. The predicted molar refractivity (Wildman–Crippen MR) is 89.2 cm³/mol. The van der Waals surface area contributed by atoms with Crippen molar-refractivity contribution < 1.29 is 4.74 Å². The first-order valence-electron chi connectivity index (χ1n) is 7.23. The first-order chi connectivity index (χ1) is 9.06. The average Bonchev–Trinajstić information content (AvgIpc) is 2.89. The number of hydrogen-bond donors (Lipinski definition) is 0. The second-order valence-electron chi connectivity index (χ2n) is 5.93. The van der Waals surface area contributed by atoms with Gasteiger partial charge in [0.25, 0.3) is 0 Å². The Hall–Kier alpha value is 0.140. The molecule has 19 heavy (non-hydrogen) atoms. The highest BCUT2D eigenvalue weighted by atomic mass is 32.2. The van der Waals surface area contributed by atoms with E-state index in [1.54, 1.807) is 0 Å². The molecule has 0 aromatic carbocycles. The molecule has 2 saturated heterocycles. The van der Waals surface area contributed by atoms with Crippen molar-refractivity contribution in [2.24, 2.45) is 0 Å². The van der Waals surface area contributed by atoms with Crippen molar-refractivity contribution in [3.63, 3.8) is 0 Å². The van der Waals surface area contributed by atoms with Gasteiger partial charge in [0, 0.05) is 10.5 Å². The van der Waals surface area contributed by atoms with Gasteiger partial charge < -0.3 is 4.74 Å². The summed E-state index contributed by atoms with van der Waals surface area (Å²) in [4.78, 5) is 0. The van der Waals surface area contributed by atoms with Crippen LogP contribution in [0.1, 0.15) is 39.5 Å². The summed E-state index contributed by atoms with van der Waals surface area (Å²) in [7, 11) is 0. The van der Waals surface area contributed by atoms with Crippen LogP contribution >= 0.6 is 23.5 Å². The van der Waals surface area contributed by atoms with E-state index in [0.717, 1.165) is 12.8 Å². The number of rotatable bonds is 6. The molecule has 2 aliphatic heterocycles. The topological polar surface area (TPSA) is 9.23 Å². The summed E-state index contributed by atoms with van der Waals surface area (Å²) < 4.78 is 6.48. The lowest BCUT2D eigenvalue weighted by atomic mass is 10.0. The van der Waals surface area contributed by atoms with Crippen LogP contribution in [0.25, 0.3) is 0 Å². The van der Waals surface area contributed by atoms with Crippen LogP contribution in [0.5, 0.6) is 0 Å². The van der Waals surface area contributed by atoms with Gasteiger partial charge in [-0.15, -0.1) is 13.2 Å². The van der Waals surface area contributed by atoms with Crippen LogP contribution < -0.4 is 0 Å². The highest BCUT2D eigenvalue weighted by Gasteiger charge is 2.35. The molecular weight excluding hydrogens is 272 g/mol. The van der Waals surface area contributed by atoms with Crippen LogP contribution in [0.2, 0.25) is 0 Å². The van der Waals surface area contributed by atoms with Crippen LogP contribution in [0, 0.1) is 0 Å². The Balaban J connectivity index is 1.88. The maximum Gasteiger partial charge on any atom is 0.0708 e. The van der Waals surface area contributed by atoms with Gasteiger partial charge in [-0.3, -0.25) is 0 Å². The fourth-order valence-corrected chi connectivity index (χ4v) is 5.84. The van der Waals surface area contributed by atoms with Crippen LogP contribution in [0.3, 0.4) is 0 Å². The second kappa shape index (κ2) is 7.24. The van der Waals surface area contributed by atoms with Crippen LogP contribution in [0.15, 0.2) is 24.3 Å². The first kappa shape index (κ1) is 15.5. The molecule has 0 amide bonds. The minimum Gasteiger partial charge on any atom is -0.373 e. The van der Waals surface area contributed by atoms with Gasteiger partial charge in [-0.05, 0) is 51.0 Å². The summed E-state index contributed by atoms with van der Waals surface area (Å²) in [6.45, 7) is 12.4. The zero-order chi connectivity index (χ0) is 13.8. The van der Waals surface area contributed by atoms with Gasteiger partial charge in [0.1, 0.15) is 0 Å². The van der Waals surface area contributed by atoms with Gasteiger partial charge in [-0.2, -0.15) is 23.5 Å². The highest BCUT2D eigenvalue weighted by Crippen LogP contribution is 2.39. The molecule has 4 atom stereocenters. The smallest absolute Gasteiger partial charge is 0.0708 e. The summed E-state index contributed by atoms with van der Waals surface area (Å²) in [5.74, 6) is 2.49. The molecule has 2 aliphatic rings. The number of ether oxygens (including phenoxy) is 1. The fraction of sp³-hybridized carbons (Fsp3) is 0.750. The number of allylic oxidation sites excluding steroid dienone is 2. The molecule has 0 saturated carbocycles. The monoisotopic (exact) mass is 298 g/mol. The highest BCUT2D eigenvalue weighted by molar-refractivity contribution is 8.00. The normalized spacial score (nSPS) is 34.6. The van der Waals surface area contributed by atoms with Gasteiger partial charge in [-0.1, -0.05) is 11.1 Å². The Morgan fingerprint density at radius 1 is 0.947 bits per heavy atom. The molecular formula is C16H26OS2. The Labute approximate surface area is 126 Å². The van der Waals surface area contributed by atoms with E-state index in [0.29, 0.717) is 22.7 Å². The molecule has 108 valence electrons. The van der Waals surface area contributed by atoms with E-state index in [2.05, 4.69) is 50.5 Å². The molecule has 0 bridgehead atoms. The lowest BCUT2D eigenvalue weighted by molar-refractivity contribution is -0.00883. The molecule has 0 aromatic heterocycles. The van der Waals surface area contributed by atoms with Gasteiger partial charge in [-0.25, -0.2) is 0 Å². The Morgan fingerprint density at radius 2 is 1.37 bits per heavy atom. The molecule has 1 nitrogen and oxygen atoms in total. The van der Waals surface area contributed by atoms with Crippen molar-refractivity contribution in [1.29, 1.82) is 0 Å². The zero-order valence-corrected chi connectivity index (χ0v) is 13.8. The van der Waals surface area contributed by atoms with Crippen molar-refractivity contribution in [1.82, 2.24) is 0 Å². The van der Waals surface area contributed by atoms with E-state index >= 15 is 0 Å². The maximum absolute atomic E-state index is 6.48. The molecule has 3 heteroatoms. The number of thioether (sulfide) groups is 2. The van der Waals surface area contributed by atoms with Crippen LogP contribution in [-0.2, 0) is 4.74 Å². The van der Waals surface area contributed by atoms with Crippen molar-refractivity contribution >= 4 is 23.5 Å². The van der Waals surface area contributed by atoms with Gasteiger partial charge >= 0.3 is 0 Å². The maximum atomic E-state index is 6.48. The zero-order valence-electron chi connectivity index (χ0n) is 12.2. The van der Waals surface area contributed by atoms with E-state index in [-0.39, 0.29) is 0 Å². The van der Waals surface area contributed by atoms with Gasteiger partial charge in [0.2, 0.25) is 0 Å². The van der Waals surface area contributed by atoms with Crippen molar-refractivity contribution in [2.75, 3.05) is 11.5 Å². The molecule has 2 fully saturated rings. The molecule has 0 N–H and O–H groups in total. The third-order valence-electron chi connectivity index (χ3n) is 3.75. The molecule has 0 radical (unpaired) electrons. The summed E-state index contributed by atoms with van der Waals surface area (Å²) in [5.41, 5.74) is 2.57. The summed E-state index contributed by atoms with van der Waals surface area (Å²) in [6.07, 6.45) is 5.53. The lowest BCUT2D eigenvalue weighted by Crippen LogP contribution is -2.31. The molecule has 2 heterocycles. The molecule has 2 rings (SSSR count). The summed E-state index contributed by atoms with van der Waals surface area (Å²) in [5, 5.41) is 1.27. The van der Waals surface area contributed by atoms with E-state index in [1.807, 2.05) is 0 Å².